The van der Waals surface area contributed by atoms with Crippen molar-refractivity contribution in [3.63, 3.8) is 0 Å². The summed E-state index contributed by atoms with van der Waals surface area (Å²) in [5.41, 5.74) is 0. The van der Waals surface area contributed by atoms with E-state index in [9.17, 15) is 8.42 Å². The highest BCUT2D eigenvalue weighted by atomic mass is 79.9. The number of rotatable bonds is 7. The van der Waals surface area contributed by atoms with Gasteiger partial charge in [0, 0.05) is 17.6 Å². The fraction of sp³-hybridized carbons (Fsp3) is 0.500. The van der Waals surface area contributed by atoms with E-state index in [2.05, 4.69) is 15.9 Å². The first-order valence-corrected chi connectivity index (χ1v) is 8.15. The maximum atomic E-state index is 12.6. The highest BCUT2D eigenvalue weighted by Crippen LogP contribution is 2.29. The molecule has 0 radical (unpaired) electrons. The molecule has 0 spiro atoms. The molecule has 0 aliphatic heterocycles. The van der Waals surface area contributed by atoms with Crippen LogP contribution in [-0.4, -0.2) is 44.6 Å². The van der Waals surface area contributed by atoms with Crippen LogP contribution in [-0.2, 0) is 10.0 Å². The van der Waals surface area contributed by atoms with Crippen LogP contribution in [0.4, 0.5) is 0 Å². The van der Waals surface area contributed by atoms with Gasteiger partial charge in [0.1, 0.15) is 10.6 Å². The Morgan fingerprint density at radius 3 is 2.58 bits per heavy atom. The predicted octanol–water partition coefficient (Wildman–Crippen LogP) is 1.85. The molecule has 0 unspecified atom stereocenters. The first-order chi connectivity index (χ1) is 8.97. The SMILES string of the molecule is CCCN(CCO)S(=O)(=O)c1cc(Br)ccc1OC. The average Bonchev–Trinajstić information content (AvgIpc) is 2.38. The van der Waals surface area contributed by atoms with Gasteiger partial charge in [-0.25, -0.2) is 8.42 Å². The Morgan fingerprint density at radius 1 is 1.37 bits per heavy atom. The van der Waals surface area contributed by atoms with Crippen molar-refractivity contribution in [1.29, 1.82) is 0 Å². The van der Waals surface area contributed by atoms with Crippen molar-refractivity contribution in [3.05, 3.63) is 22.7 Å². The van der Waals surface area contributed by atoms with Gasteiger partial charge in [-0.3, -0.25) is 0 Å². The van der Waals surface area contributed by atoms with Crippen molar-refractivity contribution < 1.29 is 18.3 Å². The van der Waals surface area contributed by atoms with Crippen LogP contribution in [0.15, 0.2) is 27.6 Å². The molecule has 0 amide bonds. The molecule has 0 aliphatic carbocycles. The number of halogens is 1. The third-order valence-corrected chi connectivity index (χ3v) is 4.98. The first-order valence-electron chi connectivity index (χ1n) is 5.92. The number of aliphatic hydroxyl groups excluding tert-OH is 1. The second-order valence-corrected chi connectivity index (χ2v) is 6.74. The molecule has 0 heterocycles. The summed E-state index contributed by atoms with van der Waals surface area (Å²) in [6, 6.07) is 4.82. The van der Waals surface area contributed by atoms with Crippen molar-refractivity contribution in [2.24, 2.45) is 0 Å². The van der Waals surface area contributed by atoms with Crippen molar-refractivity contribution in [2.75, 3.05) is 26.8 Å². The fourth-order valence-electron chi connectivity index (χ4n) is 1.70. The van der Waals surface area contributed by atoms with Crippen LogP contribution in [0.2, 0.25) is 0 Å². The Bertz CT molecular complexity index is 512. The summed E-state index contributed by atoms with van der Waals surface area (Å²) in [4.78, 5) is 0.103. The smallest absolute Gasteiger partial charge is 0.246 e. The van der Waals surface area contributed by atoms with Crippen LogP contribution in [0.5, 0.6) is 5.75 Å². The minimum absolute atomic E-state index is 0.0752. The summed E-state index contributed by atoms with van der Waals surface area (Å²) in [5.74, 6) is 0.294. The summed E-state index contributed by atoms with van der Waals surface area (Å²) in [6.45, 7) is 2.11. The van der Waals surface area contributed by atoms with Gasteiger partial charge in [0.15, 0.2) is 0 Å². The van der Waals surface area contributed by atoms with E-state index in [-0.39, 0.29) is 18.0 Å². The summed E-state index contributed by atoms with van der Waals surface area (Å²) >= 11 is 3.26. The van der Waals surface area contributed by atoms with Gasteiger partial charge in [-0.1, -0.05) is 22.9 Å². The molecule has 0 fully saturated rings. The highest BCUT2D eigenvalue weighted by Gasteiger charge is 2.27. The number of benzene rings is 1. The molecule has 0 aliphatic rings. The van der Waals surface area contributed by atoms with Gasteiger partial charge in [0.05, 0.1) is 13.7 Å². The van der Waals surface area contributed by atoms with Crippen molar-refractivity contribution in [1.82, 2.24) is 4.31 Å². The van der Waals surface area contributed by atoms with Crippen molar-refractivity contribution in [2.45, 2.75) is 18.2 Å². The molecule has 19 heavy (non-hydrogen) atoms. The molecule has 1 rings (SSSR count). The standard InChI is InChI=1S/C12H18BrNO4S/c1-3-6-14(7-8-15)19(16,17)12-9-10(13)4-5-11(12)18-2/h4-5,9,15H,3,6-8H2,1-2H3. The zero-order valence-corrected chi connectivity index (χ0v) is 13.4. The zero-order valence-electron chi connectivity index (χ0n) is 11.0. The Morgan fingerprint density at radius 2 is 2.05 bits per heavy atom. The monoisotopic (exact) mass is 351 g/mol. The summed E-state index contributed by atoms with van der Waals surface area (Å²) in [5, 5.41) is 9.01. The van der Waals surface area contributed by atoms with Gasteiger partial charge in [0.25, 0.3) is 0 Å². The summed E-state index contributed by atoms with van der Waals surface area (Å²) < 4.78 is 32.1. The number of ether oxygens (including phenoxy) is 1. The Hall–Kier alpha value is -0.630. The van der Waals surface area contributed by atoms with Crippen molar-refractivity contribution in [3.8, 4) is 5.75 Å². The van der Waals surface area contributed by atoms with E-state index in [1.54, 1.807) is 12.1 Å². The van der Waals surface area contributed by atoms with E-state index in [1.807, 2.05) is 6.92 Å². The van der Waals surface area contributed by atoms with Gasteiger partial charge < -0.3 is 9.84 Å². The quantitative estimate of drug-likeness (QED) is 0.813. The number of hydrogen-bond donors (Lipinski definition) is 1. The fourth-order valence-corrected chi connectivity index (χ4v) is 3.92. The zero-order chi connectivity index (χ0) is 14.5. The van der Waals surface area contributed by atoms with E-state index in [0.29, 0.717) is 23.2 Å². The van der Waals surface area contributed by atoms with Crippen LogP contribution < -0.4 is 4.74 Å². The topological polar surface area (TPSA) is 66.8 Å². The number of sulfonamides is 1. The van der Waals surface area contributed by atoms with Gasteiger partial charge in [0.2, 0.25) is 10.0 Å². The van der Waals surface area contributed by atoms with E-state index >= 15 is 0 Å². The summed E-state index contributed by atoms with van der Waals surface area (Å²) in [6.07, 6.45) is 0.676. The minimum atomic E-state index is -3.67. The molecule has 108 valence electrons. The van der Waals surface area contributed by atoms with Gasteiger partial charge in [-0.05, 0) is 24.6 Å². The highest BCUT2D eigenvalue weighted by molar-refractivity contribution is 9.10. The van der Waals surface area contributed by atoms with E-state index in [0.717, 1.165) is 0 Å². The number of methoxy groups -OCH3 is 1. The predicted molar refractivity (Wildman–Crippen MR) is 76.8 cm³/mol. The molecule has 7 heteroatoms. The maximum absolute atomic E-state index is 12.6. The van der Waals surface area contributed by atoms with Crippen LogP contribution in [0.1, 0.15) is 13.3 Å². The lowest BCUT2D eigenvalue weighted by Crippen LogP contribution is -2.34. The van der Waals surface area contributed by atoms with Gasteiger partial charge in [-0.2, -0.15) is 4.31 Å². The number of hydrogen-bond acceptors (Lipinski definition) is 4. The number of aliphatic hydroxyl groups is 1. The largest absolute Gasteiger partial charge is 0.495 e. The van der Waals surface area contributed by atoms with E-state index in [4.69, 9.17) is 9.84 Å². The second-order valence-electron chi connectivity index (χ2n) is 3.92. The first kappa shape index (κ1) is 16.4. The lowest BCUT2D eigenvalue weighted by molar-refractivity contribution is 0.253. The van der Waals surface area contributed by atoms with Crippen LogP contribution in [0.3, 0.4) is 0 Å². The van der Waals surface area contributed by atoms with E-state index in [1.165, 1.54) is 17.5 Å². The molecular weight excluding hydrogens is 334 g/mol. The van der Waals surface area contributed by atoms with Crippen LogP contribution >= 0.6 is 15.9 Å². The average molecular weight is 352 g/mol. The van der Waals surface area contributed by atoms with Gasteiger partial charge >= 0.3 is 0 Å². The van der Waals surface area contributed by atoms with Crippen molar-refractivity contribution >= 4 is 26.0 Å². The molecule has 0 bridgehead atoms. The van der Waals surface area contributed by atoms with Gasteiger partial charge in [-0.15, -0.1) is 0 Å². The summed E-state index contributed by atoms with van der Waals surface area (Å²) in [7, 11) is -2.24. The molecule has 1 N–H and O–H groups in total. The third kappa shape index (κ3) is 3.92. The molecule has 0 atom stereocenters. The van der Waals surface area contributed by atoms with Crippen LogP contribution in [0.25, 0.3) is 0 Å². The Labute approximate surface area is 122 Å². The second kappa shape index (κ2) is 7.23. The molecule has 0 saturated heterocycles. The van der Waals surface area contributed by atoms with Crippen LogP contribution in [0, 0.1) is 0 Å². The molecule has 1 aromatic carbocycles. The lowest BCUT2D eigenvalue weighted by atomic mass is 10.3. The molecule has 0 saturated carbocycles. The third-order valence-electron chi connectivity index (χ3n) is 2.57. The molecular formula is C12H18BrNO4S. The normalized spacial score (nSPS) is 11.8. The molecule has 1 aromatic rings. The minimum Gasteiger partial charge on any atom is -0.495 e. The molecule has 5 nitrogen and oxygen atoms in total. The maximum Gasteiger partial charge on any atom is 0.246 e. The Kier molecular flexibility index (Phi) is 6.25. The Balaban J connectivity index is 3.27. The lowest BCUT2D eigenvalue weighted by Gasteiger charge is -2.22. The molecule has 0 aromatic heterocycles. The number of nitrogens with zero attached hydrogens (tertiary/aromatic N) is 1. The van der Waals surface area contributed by atoms with E-state index < -0.39 is 10.0 Å².